The number of nitrogens with zero attached hydrogens (tertiary/aromatic N) is 2. The van der Waals surface area contributed by atoms with Gasteiger partial charge in [0.2, 0.25) is 5.95 Å². The molecular formula is C17H23FN4. The second kappa shape index (κ2) is 7.73. The van der Waals surface area contributed by atoms with Gasteiger partial charge in [0.05, 0.1) is 0 Å². The van der Waals surface area contributed by atoms with E-state index in [9.17, 15) is 4.39 Å². The van der Waals surface area contributed by atoms with Crippen molar-refractivity contribution in [2.24, 2.45) is 5.92 Å². The number of aryl methyl sites for hydroxylation is 1. The molecule has 4 nitrogen and oxygen atoms in total. The van der Waals surface area contributed by atoms with Gasteiger partial charge in [0.25, 0.3) is 0 Å². The van der Waals surface area contributed by atoms with Gasteiger partial charge in [-0.3, -0.25) is 0 Å². The molecule has 2 N–H and O–H groups in total. The largest absolute Gasteiger partial charge is 0.370 e. The molecule has 5 heteroatoms. The zero-order valence-electron chi connectivity index (χ0n) is 13.4. The van der Waals surface area contributed by atoms with Crippen LogP contribution in [0.3, 0.4) is 0 Å². The Morgan fingerprint density at radius 2 is 1.82 bits per heavy atom. The SMILES string of the molecule is Cc1cc(NCC(C)C)nc(NCCc2ccc(F)cc2)n1. The summed E-state index contributed by atoms with van der Waals surface area (Å²) >= 11 is 0. The molecule has 0 aliphatic carbocycles. The molecule has 0 aliphatic heterocycles. The number of benzene rings is 1. The average molecular weight is 302 g/mol. The molecule has 0 radical (unpaired) electrons. The van der Waals surface area contributed by atoms with Crippen LogP contribution >= 0.6 is 0 Å². The predicted octanol–water partition coefficient (Wildman–Crippen LogP) is 3.65. The van der Waals surface area contributed by atoms with Crippen LogP contribution in [0.25, 0.3) is 0 Å². The summed E-state index contributed by atoms with van der Waals surface area (Å²) in [5.41, 5.74) is 2.00. The third kappa shape index (κ3) is 5.31. The standard InChI is InChI=1S/C17H23FN4/c1-12(2)11-20-16-10-13(3)21-17(22-16)19-9-8-14-4-6-15(18)7-5-14/h4-7,10,12H,8-9,11H2,1-3H3,(H2,19,20,21,22). The molecule has 0 aliphatic rings. The Bertz CT molecular complexity index is 596. The van der Waals surface area contributed by atoms with Crippen molar-refractivity contribution in [3.8, 4) is 0 Å². The highest BCUT2D eigenvalue weighted by Crippen LogP contribution is 2.11. The highest BCUT2D eigenvalue weighted by molar-refractivity contribution is 5.42. The highest BCUT2D eigenvalue weighted by Gasteiger charge is 2.03. The van der Waals surface area contributed by atoms with Crippen LogP contribution in [0.4, 0.5) is 16.2 Å². The van der Waals surface area contributed by atoms with Gasteiger partial charge in [-0.25, -0.2) is 9.37 Å². The van der Waals surface area contributed by atoms with E-state index in [4.69, 9.17) is 0 Å². The van der Waals surface area contributed by atoms with Crippen molar-refractivity contribution in [3.05, 3.63) is 47.4 Å². The summed E-state index contributed by atoms with van der Waals surface area (Å²) in [6.45, 7) is 7.85. The third-order valence-electron chi connectivity index (χ3n) is 3.16. The molecule has 2 rings (SSSR count). The van der Waals surface area contributed by atoms with Crippen LogP contribution in [0.1, 0.15) is 25.1 Å². The molecule has 0 atom stereocenters. The Balaban J connectivity index is 1.90. The van der Waals surface area contributed by atoms with E-state index < -0.39 is 0 Å². The highest BCUT2D eigenvalue weighted by atomic mass is 19.1. The number of halogens is 1. The lowest BCUT2D eigenvalue weighted by atomic mass is 10.1. The summed E-state index contributed by atoms with van der Waals surface area (Å²) in [6, 6.07) is 8.49. The molecular weight excluding hydrogens is 279 g/mol. The van der Waals surface area contributed by atoms with Gasteiger partial charge in [0.15, 0.2) is 0 Å². The van der Waals surface area contributed by atoms with E-state index in [1.807, 2.05) is 13.0 Å². The zero-order chi connectivity index (χ0) is 15.9. The quantitative estimate of drug-likeness (QED) is 0.820. The molecule has 1 aromatic heterocycles. The minimum absolute atomic E-state index is 0.209. The molecule has 1 aromatic carbocycles. The first-order chi connectivity index (χ1) is 10.5. The summed E-state index contributed by atoms with van der Waals surface area (Å²) in [4.78, 5) is 8.84. The van der Waals surface area contributed by atoms with Crippen LogP contribution in [0, 0.1) is 18.7 Å². The van der Waals surface area contributed by atoms with Gasteiger partial charge in [0, 0.05) is 24.8 Å². The molecule has 0 saturated carbocycles. The first-order valence-electron chi connectivity index (χ1n) is 7.61. The molecule has 0 bridgehead atoms. The van der Waals surface area contributed by atoms with Gasteiger partial charge in [-0.15, -0.1) is 0 Å². The Morgan fingerprint density at radius 1 is 1.09 bits per heavy atom. The lowest BCUT2D eigenvalue weighted by Crippen LogP contribution is -2.13. The van der Waals surface area contributed by atoms with Crippen LogP contribution < -0.4 is 10.6 Å². The summed E-state index contributed by atoms with van der Waals surface area (Å²) in [5, 5.41) is 6.53. The van der Waals surface area contributed by atoms with Crippen LogP contribution in [-0.2, 0) is 6.42 Å². The topological polar surface area (TPSA) is 49.8 Å². The number of rotatable bonds is 7. The second-order valence-corrected chi connectivity index (χ2v) is 5.80. The van der Waals surface area contributed by atoms with Gasteiger partial charge >= 0.3 is 0 Å². The third-order valence-corrected chi connectivity index (χ3v) is 3.16. The van der Waals surface area contributed by atoms with Crippen molar-refractivity contribution in [3.63, 3.8) is 0 Å². The van der Waals surface area contributed by atoms with E-state index >= 15 is 0 Å². The van der Waals surface area contributed by atoms with Gasteiger partial charge in [-0.1, -0.05) is 26.0 Å². The molecule has 1 heterocycles. The number of aromatic nitrogens is 2. The maximum absolute atomic E-state index is 12.8. The van der Waals surface area contributed by atoms with E-state index in [-0.39, 0.29) is 5.82 Å². The molecule has 2 aromatic rings. The van der Waals surface area contributed by atoms with Crippen molar-refractivity contribution in [2.75, 3.05) is 23.7 Å². The van der Waals surface area contributed by atoms with Crippen molar-refractivity contribution < 1.29 is 4.39 Å². The van der Waals surface area contributed by atoms with E-state index in [0.717, 1.165) is 30.0 Å². The van der Waals surface area contributed by atoms with Gasteiger partial charge in [-0.05, 0) is 37.0 Å². The van der Waals surface area contributed by atoms with E-state index in [1.54, 1.807) is 12.1 Å². The van der Waals surface area contributed by atoms with E-state index in [0.29, 0.717) is 18.4 Å². The van der Waals surface area contributed by atoms with E-state index in [1.165, 1.54) is 12.1 Å². The second-order valence-electron chi connectivity index (χ2n) is 5.80. The van der Waals surface area contributed by atoms with Crippen molar-refractivity contribution >= 4 is 11.8 Å². The summed E-state index contributed by atoms with van der Waals surface area (Å²) in [6.07, 6.45) is 0.798. The first-order valence-corrected chi connectivity index (χ1v) is 7.61. The smallest absolute Gasteiger partial charge is 0.224 e. The van der Waals surface area contributed by atoms with Gasteiger partial charge in [-0.2, -0.15) is 4.98 Å². The molecule has 0 unspecified atom stereocenters. The average Bonchev–Trinajstić information content (AvgIpc) is 2.47. The Kier molecular flexibility index (Phi) is 5.69. The minimum Gasteiger partial charge on any atom is -0.370 e. The van der Waals surface area contributed by atoms with E-state index in [2.05, 4.69) is 34.4 Å². The van der Waals surface area contributed by atoms with Crippen molar-refractivity contribution in [2.45, 2.75) is 27.2 Å². The van der Waals surface area contributed by atoms with Crippen LogP contribution in [-0.4, -0.2) is 23.1 Å². The first kappa shape index (κ1) is 16.2. The van der Waals surface area contributed by atoms with Crippen LogP contribution in [0.2, 0.25) is 0 Å². The maximum Gasteiger partial charge on any atom is 0.224 e. The summed E-state index contributed by atoms with van der Waals surface area (Å²) in [5.74, 6) is 1.81. The number of nitrogens with one attached hydrogen (secondary N) is 2. The molecule has 0 fully saturated rings. The molecule has 22 heavy (non-hydrogen) atoms. The lowest BCUT2D eigenvalue weighted by Gasteiger charge is -2.11. The van der Waals surface area contributed by atoms with Crippen molar-refractivity contribution in [1.29, 1.82) is 0 Å². The molecule has 0 saturated heterocycles. The van der Waals surface area contributed by atoms with Crippen molar-refractivity contribution in [1.82, 2.24) is 9.97 Å². The number of hydrogen-bond acceptors (Lipinski definition) is 4. The fourth-order valence-electron chi connectivity index (χ4n) is 2.02. The Morgan fingerprint density at radius 3 is 2.50 bits per heavy atom. The number of hydrogen-bond donors (Lipinski definition) is 2. The minimum atomic E-state index is -0.209. The summed E-state index contributed by atoms with van der Waals surface area (Å²) < 4.78 is 12.8. The van der Waals surface area contributed by atoms with Crippen LogP contribution in [0.15, 0.2) is 30.3 Å². The van der Waals surface area contributed by atoms with Gasteiger partial charge < -0.3 is 10.6 Å². The Labute approximate surface area is 131 Å². The molecule has 0 spiro atoms. The van der Waals surface area contributed by atoms with Gasteiger partial charge in [0.1, 0.15) is 11.6 Å². The fraction of sp³-hybridized carbons (Fsp3) is 0.412. The lowest BCUT2D eigenvalue weighted by molar-refractivity contribution is 0.627. The normalized spacial score (nSPS) is 10.8. The number of anilines is 2. The van der Waals surface area contributed by atoms with Crippen LogP contribution in [0.5, 0.6) is 0 Å². The molecule has 118 valence electrons. The molecule has 0 amide bonds. The predicted molar refractivity (Wildman–Crippen MR) is 88.7 cm³/mol. The summed E-state index contributed by atoms with van der Waals surface area (Å²) in [7, 11) is 0. The zero-order valence-corrected chi connectivity index (χ0v) is 13.4. The monoisotopic (exact) mass is 302 g/mol. The fourth-order valence-corrected chi connectivity index (χ4v) is 2.02. The Hall–Kier alpha value is -2.17. The maximum atomic E-state index is 12.8.